The van der Waals surface area contributed by atoms with E-state index >= 15 is 0 Å². The Hall–Kier alpha value is -2.38. The van der Waals surface area contributed by atoms with Gasteiger partial charge in [-0.15, -0.1) is 0 Å². The highest BCUT2D eigenvalue weighted by atomic mass is 16.5. The number of carbonyl (C=O) groups excluding carboxylic acids is 1. The molecule has 0 spiro atoms. The molecule has 2 heterocycles. The summed E-state index contributed by atoms with van der Waals surface area (Å²) in [4.78, 5) is 20.9. The van der Waals surface area contributed by atoms with Gasteiger partial charge in [0.1, 0.15) is 5.75 Å². The maximum absolute atomic E-state index is 11.9. The van der Waals surface area contributed by atoms with Crippen molar-refractivity contribution in [1.29, 1.82) is 0 Å². The van der Waals surface area contributed by atoms with Crippen LogP contribution >= 0.6 is 0 Å². The number of hydrogen-bond donors (Lipinski definition) is 1. The molecule has 7 heteroatoms. The van der Waals surface area contributed by atoms with Gasteiger partial charge in [0.05, 0.1) is 26.4 Å². The quantitative estimate of drug-likeness (QED) is 0.801. The van der Waals surface area contributed by atoms with Crippen LogP contribution < -0.4 is 10.1 Å². The molecule has 0 radical (unpaired) electrons. The fourth-order valence-corrected chi connectivity index (χ4v) is 3.27. The molecule has 1 amide bonds. The number of piperazine rings is 1. The van der Waals surface area contributed by atoms with Crippen molar-refractivity contribution in [3.63, 3.8) is 0 Å². The lowest BCUT2D eigenvalue weighted by atomic mass is 10.2. The Kier molecular flexibility index (Phi) is 5.40. The second-order valence-corrected chi connectivity index (χ2v) is 7.24. The summed E-state index contributed by atoms with van der Waals surface area (Å²) in [6.07, 6.45) is 4.04. The third-order valence-electron chi connectivity index (χ3n) is 5.06. The minimum Gasteiger partial charge on any atom is -0.497 e. The Morgan fingerprint density at radius 2 is 1.89 bits per heavy atom. The Morgan fingerprint density at radius 3 is 2.56 bits per heavy atom. The van der Waals surface area contributed by atoms with Crippen LogP contribution in [0.1, 0.15) is 18.7 Å². The van der Waals surface area contributed by atoms with E-state index in [-0.39, 0.29) is 5.91 Å². The third kappa shape index (κ3) is 4.87. The molecule has 2 fully saturated rings. The van der Waals surface area contributed by atoms with Crippen molar-refractivity contribution in [3.05, 3.63) is 36.4 Å². The van der Waals surface area contributed by atoms with Gasteiger partial charge in [0.25, 0.3) is 0 Å². The first-order valence-electron chi connectivity index (χ1n) is 9.53. The second-order valence-electron chi connectivity index (χ2n) is 7.24. The predicted octanol–water partition coefficient (Wildman–Crippen LogP) is 1.75. The van der Waals surface area contributed by atoms with Gasteiger partial charge in [-0.25, -0.2) is 4.98 Å². The van der Waals surface area contributed by atoms with Crippen LogP contribution in [0.2, 0.25) is 0 Å². The van der Waals surface area contributed by atoms with Crippen molar-refractivity contribution in [3.8, 4) is 17.1 Å². The van der Waals surface area contributed by atoms with Gasteiger partial charge in [-0.3, -0.25) is 14.6 Å². The number of nitrogens with one attached hydrogen (secondary N) is 1. The summed E-state index contributed by atoms with van der Waals surface area (Å²) in [6, 6.07) is 8.19. The van der Waals surface area contributed by atoms with Gasteiger partial charge in [0, 0.05) is 37.8 Å². The molecule has 144 valence electrons. The fraction of sp³-hybridized carbons (Fsp3) is 0.500. The average molecular weight is 370 g/mol. The number of ether oxygens (including phenoxy) is 1. The Balaban J connectivity index is 1.25. The Morgan fingerprint density at radius 1 is 1.19 bits per heavy atom. The summed E-state index contributed by atoms with van der Waals surface area (Å²) >= 11 is 0. The smallest absolute Gasteiger partial charge is 0.234 e. The number of benzene rings is 1. The van der Waals surface area contributed by atoms with Gasteiger partial charge in [0.2, 0.25) is 11.8 Å². The molecule has 2 aliphatic rings. The predicted molar refractivity (Wildman–Crippen MR) is 101 cm³/mol. The summed E-state index contributed by atoms with van der Waals surface area (Å²) in [5.41, 5.74) is 0.987. The second kappa shape index (κ2) is 8.10. The first-order chi connectivity index (χ1) is 13.2. The molecule has 0 atom stereocenters. The van der Waals surface area contributed by atoms with Crippen molar-refractivity contribution < 1.29 is 13.9 Å². The Labute approximate surface area is 159 Å². The minimum absolute atomic E-state index is 0.155. The van der Waals surface area contributed by atoms with Crippen LogP contribution in [0.3, 0.4) is 0 Å². The molecule has 1 saturated heterocycles. The molecule has 1 saturated carbocycles. The summed E-state index contributed by atoms with van der Waals surface area (Å²) in [5, 5.41) is 3.05. The molecule has 0 bridgehead atoms. The summed E-state index contributed by atoms with van der Waals surface area (Å²) < 4.78 is 11.1. The van der Waals surface area contributed by atoms with E-state index < -0.39 is 0 Å². The molecule has 0 unspecified atom stereocenters. The van der Waals surface area contributed by atoms with Crippen molar-refractivity contribution in [1.82, 2.24) is 20.1 Å². The summed E-state index contributed by atoms with van der Waals surface area (Å²) in [6.45, 7) is 4.81. The normalized spacial score (nSPS) is 18.4. The van der Waals surface area contributed by atoms with Gasteiger partial charge in [-0.1, -0.05) is 0 Å². The van der Waals surface area contributed by atoms with Crippen LogP contribution in [-0.4, -0.2) is 66.6 Å². The van der Waals surface area contributed by atoms with E-state index in [4.69, 9.17) is 9.15 Å². The maximum atomic E-state index is 11.9. The van der Waals surface area contributed by atoms with Crippen LogP contribution in [0.25, 0.3) is 11.3 Å². The van der Waals surface area contributed by atoms with E-state index in [9.17, 15) is 4.79 Å². The average Bonchev–Trinajstić information content (AvgIpc) is 3.38. The molecule has 1 aliphatic carbocycles. The van der Waals surface area contributed by atoms with E-state index in [1.807, 2.05) is 24.3 Å². The highest BCUT2D eigenvalue weighted by Crippen LogP contribution is 2.23. The summed E-state index contributed by atoms with van der Waals surface area (Å²) in [7, 11) is 1.65. The minimum atomic E-state index is 0.155. The lowest BCUT2D eigenvalue weighted by Crippen LogP contribution is -2.49. The zero-order valence-electron chi connectivity index (χ0n) is 15.7. The van der Waals surface area contributed by atoms with Crippen molar-refractivity contribution in [2.24, 2.45) is 0 Å². The fourth-order valence-electron chi connectivity index (χ4n) is 3.27. The van der Waals surface area contributed by atoms with Crippen LogP contribution in [0, 0.1) is 0 Å². The van der Waals surface area contributed by atoms with Crippen molar-refractivity contribution in [2.75, 3.05) is 39.8 Å². The molecular weight excluding hydrogens is 344 g/mol. The third-order valence-corrected chi connectivity index (χ3v) is 5.06. The van der Waals surface area contributed by atoms with Gasteiger partial charge >= 0.3 is 0 Å². The van der Waals surface area contributed by atoms with Gasteiger partial charge in [-0.2, -0.15) is 0 Å². The van der Waals surface area contributed by atoms with E-state index in [0.717, 1.165) is 62.0 Å². The molecule has 4 rings (SSSR count). The molecule has 1 N–H and O–H groups in total. The van der Waals surface area contributed by atoms with E-state index in [1.54, 1.807) is 13.3 Å². The van der Waals surface area contributed by atoms with E-state index in [1.165, 1.54) is 0 Å². The molecule has 7 nitrogen and oxygen atoms in total. The molecule has 1 aliphatic heterocycles. The van der Waals surface area contributed by atoms with Crippen LogP contribution in [0.15, 0.2) is 34.9 Å². The number of rotatable bonds is 7. The number of carbonyl (C=O) groups is 1. The van der Waals surface area contributed by atoms with Gasteiger partial charge < -0.3 is 14.5 Å². The molecule has 1 aromatic carbocycles. The zero-order chi connectivity index (χ0) is 18.6. The first kappa shape index (κ1) is 18.0. The van der Waals surface area contributed by atoms with Crippen LogP contribution in [-0.2, 0) is 11.3 Å². The number of amides is 1. The number of nitrogens with zero attached hydrogens (tertiary/aromatic N) is 3. The monoisotopic (exact) mass is 370 g/mol. The van der Waals surface area contributed by atoms with E-state index in [2.05, 4.69) is 20.1 Å². The highest BCUT2D eigenvalue weighted by Gasteiger charge is 2.25. The van der Waals surface area contributed by atoms with Crippen LogP contribution in [0.4, 0.5) is 0 Å². The zero-order valence-corrected chi connectivity index (χ0v) is 15.7. The summed E-state index contributed by atoms with van der Waals surface area (Å²) in [5.74, 6) is 2.47. The molecule has 27 heavy (non-hydrogen) atoms. The number of hydrogen-bond acceptors (Lipinski definition) is 6. The van der Waals surface area contributed by atoms with Gasteiger partial charge in [-0.05, 0) is 37.1 Å². The number of methoxy groups -OCH3 is 1. The number of aromatic nitrogens is 1. The lowest BCUT2D eigenvalue weighted by Gasteiger charge is -2.33. The van der Waals surface area contributed by atoms with Crippen LogP contribution in [0.5, 0.6) is 5.75 Å². The SMILES string of the molecule is COc1ccc(-c2cnc(CN3CCN(CC(=O)NC4CC4)CC3)o2)cc1. The topological polar surface area (TPSA) is 70.8 Å². The maximum Gasteiger partial charge on any atom is 0.234 e. The molecular formula is C20H26N4O3. The van der Waals surface area contributed by atoms with Gasteiger partial charge in [0.15, 0.2) is 5.76 Å². The standard InChI is InChI=1S/C20H26N4O3/c1-26-17-6-2-15(3-7-17)18-12-21-20(27-18)14-24-10-8-23(9-11-24)13-19(25)22-16-4-5-16/h2-3,6-7,12,16H,4-5,8-11,13-14H2,1H3,(H,22,25). The molecule has 1 aromatic heterocycles. The first-order valence-corrected chi connectivity index (χ1v) is 9.53. The largest absolute Gasteiger partial charge is 0.497 e. The Bertz CT molecular complexity index is 762. The number of oxazole rings is 1. The lowest BCUT2D eigenvalue weighted by molar-refractivity contribution is -0.122. The molecule has 2 aromatic rings. The van der Waals surface area contributed by atoms with Crippen molar-refractivity contribution in [2.45, 2.75) is 25.4 Å². The van der Waals surface area contributed by atoms with Crippen molar-refractivity contribution >= 4 is 5.91 Å². The van der Waals surface area contributed by atoms with E-state index in [0.29, 0.717) is 19.1 Å². The highest BCUT2D eigenvalue weighted by molar-refractivity contribution is 5.78.